The molecule has 2 aliphatic heterocycles. The van der Waals surface area contributed by atoms with Gasteiger partial charge in [0.05, 0.1) is 10.5 Å². The van der Waals surface area contributed by atoms with E-state index in [1.807, 2.05) is 18.2 Å². The standard InChI is InChI=1S/C20H20F3N3O4/c21-20(22,23)15-2-3-16(17(12-15)26(27)28)25-7-5-24(6-8-25)13-14-1-4-18-19(11-14)30-10-9-29-18/h1-4,11-12H,5-10,13H2. The average Bonchev–Trinajstić information content (AvgIpc) is 2.73. The summed E-state index contributed by atoms with van der Waals surface area (Å²) in [6.07, 6.45) is -4.62. The van der Waals surface area contributed by atoms with E-state index in [2.05, 4.69) is 4.90 Å². The van der Waals surface area contributed by atoms with E-state index in [1.165, 1.54) is 6.07 Å². The highest BCUT2D eigenvalue weighted by molar-refractivity contribution is 5.65. The Morgan fingerprint density at radius 1 is 0.967 bits per heavy atom. The number of rotatable bonds is 4. The molecule has 10 heteroatoms. The molecule has 2 aromatic rings. The summed E-state index contributed by atoms with van der Waals surface area (Å²) >= 11 is 0. The van der Waals surface area contributed by atoms with Gasteiger partial charge < -0.3 is 14.4 Å². The lowest BCUT2D eigenvalue weighted by molar-refractivity contribution is -0.384. The number of hydrogen-bond donors (Lipinski definition) is 0. The summed E-state index contributed by atoms with van der Waals surface area (Å²) in [5, 5.41) is 11.3. The second-order valence-corrected chi connectivity index (χ2v) is 7.20. The highest BCUT2D eigenvalue weighted by Gasteiger charge is 2.34. The monoisotopic (exact) mass is 423 g/mol. The summed E-state index contributed by atoms with van der Waals surface area (Å²) in [5.74, 6) is 1.45. The van der Waals surface area contributed by atoms with Crippen LogP contribution in [0.2, 0.25) is 0 Å². The summed E-state index contributed by atoms with van der Waals surface area (Å²) in [6, 6.07) is 8.49. The molecule has 1 fully saturated rings. The van der Waals surface area contributed by atoms with Crippen molar-refractivity contribution < 1.29 is 27.6 Å². The zero-order valence-electron chi connectivity index (χ0n) is 16.0. The Labute approximate surface area is 170 Å². The van der Waals surface area contributed by atoms with Crippen molar-refractivity contribution in [3.63, 3.8) is 0 Å². The SMILES string of the molecule is O=[N+]([O-])c1cc(C(F)(F)F)ccc1N1CCN(Cc2ccc3c(c2)OCCO3)CC1. The van der Waals surface area contributed by atoms with Crippen LogP contribution in [0, 0.1) is 10.1 Å². The summed E-state index contributed by atoms with van der Waals surface area (Å²) in [5.41, 5.74) is -0.263. The molecule has 1 saturated heterocycles. The van der Waals surface area contributed by atoms with Gasteiger partial charge in [-0.1, -0.05) is 6.07 Å². The van der Waals surface area contributed by atoms with Crippen molar-refractivity contribution in [3.8, 4) is 11.5 Å². The van der Waals surface area contributed by atoms with Gasteiger partial charge in [0, 0.05) is 38.8 Å². The topological polar surface area (TPSA) is 68.1 Å². The van der Waals surface area contributed by atoms with Crippen LogP contribution in [0.5, 0.6) is 11.5 Å². The maximum Gasteiger partial charge on any atom is 0.416 e. The minimum atomic E-state index is -4.62. The number of halogens is 3. The van der Waals surface area contributed by atoms with E-state index in [1.54, 1.807) is 4.90 Å². The van der Waals surface area contributed by atoms with E-state index in [4.69, 9.17) is 9.47 Å². The van der Waals surface area contributed by atoms with Crippen LogP contribution in [0.25, 0.3) is 0 Å². The van der Waals surface area contributed by atoms with E-state index < -0.39 is 22.4 Å². The third-order valence-corrected chi connectivity index (χ3v) is 5.23. The van der Waals surface area contributed by atoms with Crippen LogP contribution in [-0.4, -0.2) is 49.2 Å². The van der Waals surface area contributed by atoms with Crippen molar-refractivity contribution in [2.24, 2.45) is 0 Å². The quantitative estimate of drug-likeness (QED) is 0.552. The molecule has 0 atom stereocenters. The molecule has 0 radical (unpaired) electrons. The highest BCUT2D eigenvalue weighted by Crippen LogP contribution is 2.37. The predicted molar refractivity (Wildman–Crippen MR) is 103 cm³/mol. The molecule has 160 valence electrons. The Kier molecular flexibility index (Phi) is 5.42. The number of nitro benzene ring substituents is 1. The van der Waals surface area contributed by atoms with Crippen molar-refractivity contribution in [2.45, 2.75) is 12.7 Å². The molecule has 7 nitrogen and oxygen atoms in total. The molecule has 30 heavy (non-hydrogen) atoms. The van der Waals surface area contributed by atoms with E-state index in [-0.39, 0.29) is 5.69 Å². The first-order chi connectivity index (χ1) is 14.3. The molecule has 0 N–H and O–H groups in total. The molecule has 0 aliphatic carbocycles. The van der Waals surface area contributed by atoms with Crippen LogP contribution in [0.3, 0.4) is 0 Å². The Balaban J connectivity index is 1.43. The molecule has 0 amide bonds. The maximum atomic E-state index is 12.9. The molecular weight excluding hydrogens is 403 g/mol. The Morgan fingerprint density at radius 3 is 2.33 bits per heavy atom. The van der Waals surface area contributed by atoms with Gasteiger partial charge in [-0.05, 0) is 29.8 Å². The zero-order valence-corrected chi connectivity index (χ0v) is 16.0. The number of alkyl halides is 3. The van der Waals surface area contributed by atoms with Crippen molar-refractivity contribution in [1.29, 1.82) is 0 Å². The second-order valence-electron chi connectivity index (χ2n) is 7.20. The van der Waals surface area contributed by atoms with E-state index >= 15 is 0 Å². The smallest absolute Gasteiger partial charge is 0.416 e. The van der Waals surface area contributed by atoms with Gasteiger partial charge in [-0.25, -0.2) is 0 Å². The predicted octanol–water partition coefficient (Wildman–Crippen LogP) is 3.71. The second kappa shape index (κ2) is 8.02. The maximum absolute atomic E-state index is 12.9. The first-order valence-electron chi connectivity index (χ1n) is 9.53. The zero-order chi connectivity index (χ0) is 21.3. The van der Waals surface area contributed by atoms with Gasteiger partial charge in [0.2, 0.25) is 0 Å². The molecule has 2 aromatic carbocycles. The van der Waals surface area contributed by atoms with Gasteiger partial charge in [-0.3, -0.25) is 15.0 Å². The van der Waals surface area contributed by atoms with Crippen molar-refractivity contribution >= 4 is 11.4 Å². The van der Waals surface area contributed by atoms with Crippen molar-refractivity contribution in [3.05, 3.63) is 57.6 Å². The van der Waals surface area contributed by atoms with Crippen LogP contribution in [0.4, 0.5) is 24.5 Å². The van der Waals surface area contributed by atoms with Crippen molar-refractivity contribution in [1.82, 2.24) is 4.90 Å². The van der Waals surface area contributed by atoms with Crippen molar-refractivity contribution in [2.75, 3.05) is 44.3 Å². The number of hydrogen-bond acceptors (Lipinski definition) is 6. The molecule has 2 heterocycles. The van der Waals surface area contributed by atoms with Gasteiger partial charge in [0.15, 0.2) is 11.5 Å². The van der Waals surface area contributed by atoms with Crippen LogP contribution in [0.15, 0.2) is 36.4 Å². The van der Waals surface area contributed by atoms with E-state index in [0.717, 1.165) is 23.1 Å². The molecule has 0 unspecified atom stereocenters. The van der Waals surface area contributed by atoms with Gasteiger partial charge in [0.25, 0.3) is 5.69 Å². The lowest BCUT2D eigenvalue weighted by atomic mass is 10.1. The number of nitro groups is 1. The minimum absolute atomic E-state index is 0.215. The fourth-order valence-electron chi connectivity index (χ4n) is 3.70. The first kappa shape index (κ1) is 20.3. The normalized spacial score (nSPS) is 17.1. The van der Waals surface area contributed by atoms with Gasteiger partial charge >= 0.3 is 6.18 Å². The molecule has 0 spiro atoms. The Bertz CT molecular complexity index is 943. The molecule has 0 saturated carbocycles. The third kappa shape index (κ3) is 4.28. The van der Waals surface area contributed by atoms with E-state index in [9.17, 15) is 23.3 Å². The molecule has 2 aliphatic rings. The summed E-state index contributed by atoms with van der Waals surface area (Å²) < 4.78 is 49.9. The van der Waals surface area contributed by atoms with Crippen LogP contribution >= 0.6 is 0 Å². The van der Waals surface area contributed by atoms with Gasteiger partial charge in [0.1, 0.15) is 18.9 Å². The molecule has 0 aromatic heterocycles. The highest BCUT2D eigenvalue weighted by atomic mass is 19.4. The Hall–Kier alpha value is -3.01. The molecule has 0 bridgehead atoms. The largest absolute Gasteiger partial charge is 0.486 e. The van der Waals surface area contributed by atoms with E-state index in [0.29, 0.717) is 52.0 Å². The number of fused-ring (bicyclic) bond motifs is 1. The summed E-state index contributed by atoms with van der Waals surface area (Å²) in [7, 11) is 0. The number of nitrogens with zero attached hydrogens (tertiary/aromatic N) is 3. The lowest BCUT2D eigenvalue weighted by Gasteiger charge is -2.36. The number of benzene rings is 2. The average molecular weight is 423 g/mol. The van der Waals surface area contributed by atoms with Gasteiger partial charge in [-0.2, -0.15) is 13.2 Å². The number of ether oxygens (including phenoxy) is 2. The van der Waals surface area contributed by atoms with Crippen LogP contribution in [-0.2, 0) is 12.7 Å². The number of anilines is 1. The van der Waals surface area contributed by atoms with Crippen LogP contribution < -0.4 is 14.4 Å². The van der Waals surface area contributed by atoms with Gasteiger partial charge in [-0.15, -0.1) is 0 Å². The lowest BCUT2D eigenvalue weighted by Crippen LogP contribution is -2.46. The first-order valence-corrected chi connectivity index (χ1v) is 9.53. The molecular formula is C20H20F3N3O4. The molecule has 4 rings (SSSR count). The third-order valence-electron chi connectivity index (χ3n) is 5.23. The summed E-state index contributed by atoms with van der Waals surface area (Å²) in [4.78, 5) is 14.5. The fourth-order valence-corrected chi connectivity index (χ4v) is 3.70. The minimum Gasteiger partial charge on any atom is -0.486 e. The fraction of sp³-hybridized carbons (Fsp3) is 0.400. The van der Waals surface area contributed by atoms with Crippen LogP contribution in [0.1, 0.15) is 11.1 Å². The Morgan fingerprint density at radius 2 is 1.67 bits per heavy atom. The summed E-state index contributed by atoms with van der Waals surface area (Å²) in [6.45, 7) is 3.96. The number of piperazine rings is 1.